The molecule has 2 fully saturated rings. The van der Waals surface area contributed by atoms with Crippen LogP contribution in [0.1, 0.15) is 12.8 Å². The maximum absolute atomic E-state index is 8.83. The maximum atomic E-state index is 8.83. The molecule has 11 heavy (non-hydrogen) atoms. The van der Waals surface area contributed by atoms with Crippen molar-refractivity contribution in [2.75, 3.05) is 12.8 Å². The van der Waals surface area contributed by atoms with Crippen LogP contribution in [0.3, 0.4) is 0 Å². The molecule has 0 amide bonds. The first-order valence-electron chi connectivity index (χ1n) is 4.19. The first-order valence-corrected chi connectivity index (χ1v) is 5.00. The van der Waals surface area contributed by atoms with Crippen LogP contribution in [0.25, 0.3) is 0 Å². The zero-order chi connectivity index (χ0) is 7.84. The second kappa shape index (κ2) is 2.73. The van der Waals surface area contributed by atoms with E-state index in [4.69, 9.17) is 5.26 Å². The maximum Gasteiger partial charge on any atom is 0.0983 e. The lowest BCUT2D eigenvalue weighted by molar-refractivity contribution is 0.208. The van der Waals surface area contributed by atoms with E-state index in [0.717, 1.165) is 31.1 Å². The Hall–Kier alpha value is -0.120. The van der Waals surface area contributed by atoms with Gasteiger partial charge in [0.05, 0.1) is 12.1 Å². The lowest BCUT2D eigenvalue weighted by Crippen LogP contribution is -2.38. The van der Waals surface area contributed by atoms with Crippen molar-refractivity contribution in [1.29, 1.82) is 5.26 Å². The quantitative estimate of drug-likeness (QED) is 0.547. The normalized spacial score (nSPS) is 42.7. The van der Waals surface area contributed by atoms with Crippen molar-refractivity contribution in [2.24, 2.45) is 11.8 Å². The van der Waals surface area contributed by atoms with Crippen LogP contribution in [-0.4, -0.2) is 23.8 Å². The average molecular weight is 168 g/mol. The van der Waals surface area contributed by atoms with Crippen LogP contribution in [0.2, 0.25) is 0 Å². The molecule has 0 radical (unpaired) electrons. The molecule has 1 aliphatic carbocycles. The van der Waals surface area contributed by atoms with Crippen molar-refractivity contribution >= 4 is 9.24 Å². The predicted octanol–water partition coefficient (Wildman–Crippen LogP) is 1.05. The van der Waals surface area contributed by atoms with Crippen molar-refractivity contribution in [3.63, 3.8) is 0 Å². The summed E-state index contributed by atoms with van der Waals surface area (Å²) in [5.41, 5.74) is 0. The third-order valence-corrected chi connectivity index (χ3v) is 3.36. The molecule has 1 saturated carbocycles. The van der Waals surface area contributed by atoms with Crippen molar-refractivity contribution in [3.05, 3.63) is 0 Å². The SMILES string of the molecule is N#CC1CC2CC2CN1CP. The molecule has 0 aromatic heterocycles. The van der Waals surface area contributed by atoms with Gasteiger partial charge in [-0.05, 0) is 24.7 Å². The predicted molar refractivity (Wildman–Crippen MR) is 46.9 cm³/mol. The highest BCUT2D eigenvalue weighted by Crippen LogP contribution is 2.46. The van der Waals surface area contributed by atoms with Gasteiger partial charge in [-0.15, -0.1) is 9.24 Å². The zero-order valence-electron chi connectivity index (χ0n) is 6.53. The van der Waals surface area contributed by atoms with Gasteiger partial charge in [-0.3, -0.25) is 4.90 Å². The van der Waals surface area contributed by atoms with Crippen molar-refractivity contribution in [1.82, 2.24) is 4.90 Å². The summed E-state index contributed by atoms with van der Waals surface area (Å²) in [4.78, 5) is 2.28. The van der Waals surface area contributed by atoms with Crippen LogP contribution in [0.15, 0.2) is 0 Å². The number of piperidine rings is 1. The standard InChI is InChI=1S/C8H13N2P/c9-3-8-2-6-1-7(6)4-10(8)5-11/h6-8H,1-2,4-5,11H2. The molecule has 2 rings (SSSR count). The third kappa shape index (κ3) is 1.28. The van der Waals surface area contributed by atoms with E-state index in [1.807, 2.05) is 0 Å². The van der Waals surface area contributed by atoms with E-state index in [1.54, 1.807) is 0 Å². The summed E-state index contributed by atoms with van der Waals surface area (Å²) in [6.07, 6.45) is 3.45. The number of hydrogen-bond acceptors (Lipinski definition) is 2. The lowest BCUT2D eigenvalue weighted by atomic mass is 10.0. The molecular formula is C8H13N2P. The number of rotatable bonds is 1. The number of likely N-dealkylation sites (tertiary alicyclic amines) is 1. The second-order valence-corrected chi connectivity index (χ2v) is 3.96. The molecule has 0 aromatic carbocycles. The second-order valence-electron chi connectivity index (χ2n) is 3.59. The molecule has 1 aliphatic heterocycles. The van der Waals surface area contributed by atoms with Crippen molar-refractivity contribution < 1.29 is 0 Å². The monoisotopic (exact) mass is 168 g/mol. The Kier molecular flexibility index (Phi) is 1.87. The molecule has 0 N–H and O–H groups in total. The van der Waals surface area contributed by atoms with Gasteiger partial charge in [-0.25, -0.2) is 0 Å². The number of nitrogens with zero attached hydrogens (tertiary/aromatic N) is 2. The smallest absolute Gasteiger partial charge is 0.0983 e. The fraction of sp³-hybridized carbons (Fsp3) is 0.875. The Labute approximate surface area is 69.8 Å². The Morgan fingerprint density at radius 1 is 1.45 bits per heavy atom. The van der Waals surface area contributed by atoms with Gasteiger partial charge in [0.25, 0.3) is 0 Å². The first kappa shape index (κ1) is 7.53. The van der Waals surface area contributed by atoms with E-state index in [2.05, 4.69) is 20.2 Å². The highest BCUT2D eigenvalue weighted by Gasteiger charge is 2.45. The molecule has 60 valence electrons. The molecule has 0 aromatic rings. The van der Waals surface area contributed by atoms with E-state index >= 15 is 0 Å². The van der Waals surface area contributed by atoms with Gasteiger partial charge in [0.15, 0.2) is 0 Å². The van der Waals surface area contributed by atoms with Crippen LogP contribution >= 0.6 is 9.24 Å². The lowest BCUT2D eigenvalue weighted by Gasteiger charge is -2.29. The summed E-state index contributed by atoms with van der Waals surface area (Å²) >= 11 is 0. The molecule has 3 heteroatoms. The van der Waals surface area contributed by atoms with Crippen LogP contribution in [0.4, 0.5) is 0 Å². The number of nitriles is 1. The Bertz CT molecular complexity index is 199. The minimum atomic E-state index is 0.205. The fourth-order valence-corrected chi connectivity index (χ4v) is 2.43. The van der Waals surface area contributed by atoms with Crippen molar-refractivity contribution in [3.8, 4) is 6.07 Å². The summed E-state index contributed by atoms with van der Waals surface area (Å²) in [6.45, 7) is 1.16. The van der Waals surface area contributed by atoms with Crippen LogP contribution in [-0.2, 0) is 0 Å². The first-order chi connectivity index (χ1) is 5.35. The molecule has 1 heterocycles. The molecule has 4 unspecified atom stereocenters. The highest BCUT2D eigenvalue weighted by atomic mass is 31.0. The van der Waals surface area contributed by atoms with Gasteiger partial charge in [-0.1, -0.05) is 0 Å². The van der Waals surface area contributed by atoms with Crippen LogP contribution < -0.4 is 0 Å². The summed E-state index contributed by atoms with van der Waals surface area (Å²) in [5.74, 6) is 1.83. The minimum absolute atomic E-state index is 0.205. The molecule has 0 bridgehead atoms. The molecule has 1 saturated heterocycles. The molecule has 2 nitrogen and oxygen atoms in total. The summed E-state index contributed by atoms with van der Waals surface area (Å²) in [7, 11) is 2.71. The topological polar surface area (TPSA) is 27.0 Å². The van der Waals surface area contributed by atoms with Crippen LogP contribution in [0.5, 0.6) is 0 Å². The van der Waals surface area contributed by atoms with Gasteiger partial charge in [-0.2, -0.15) is 5.26 Å². The van der Waals surface area contributed by atoms with E-state index in [1.165, 1.54) is 6.42 Å². The van der Waals surface area contributed by atoms with Gasteiger partial charge < -0.3 is 0 Å². The largest absolute Gasteiger partial charge is 0.284 e. The van der Waals surface area contributed by atoms with E-state index in [0.29, 0.717) is 0 Å². The fourth-order valence-electron chi connectivity index (χ4n) is 2.02. The van der Waals surface area contributed by atoms with Crippen molar-refractivity contribution in [2.45, 2.75) is 18.9 Å². The van der Waals surface area contributed by atoms with E-state index in [-0.39, 0.29) is 6.04 Å². The summed E-state index contributed by atoms with van der Waals surface area (Å²) in [5, 5.41) is 8.83. The van der Waals surface area contributed by atoms with Crippen LogP contribution in [0, 0.1) is 23.2 Å². The zero-order valence-corrected chi connectivity index (χ0v) is 7.69. The van der Waals surface area contributed by atoms with Gasteiger partial charge in [0.2, 0.25) is 0 Å². The molecule has 4 atom stereocenters. The Morgan fingerprint density at radius 2 is 2.27 bits per heavy atom. The van der Waals surface area contributed by atoms with Gasteiger partial charge in [0.1, 0.15) is 0 Å². The molecular weight excluding hydrogens is 155 g/mol. The highest BCUT2D eigenvalue weighted by molar-refractivity contribution is 7.16. The molecule has 0 spiro atoms. The number of fused-ring (bicyclic) bond motifs is 1. The Morgan fingerprint density at radius 3 is 2.91 bits per heavy atom. The van der Waals surface area contributed by atoms with Gasteiger partial charge in [0, 0.05) is 12.8 Å². The Balaban J connectivity index is 2.01. The number of hydrogen-bond donors (Lipinski definition) is 0. The van der Waals surface area contributed by atoms with Gasteiger partial charge >= 0.3 is 0 Å². The third-order valence-electron chi connectivity index (χ3n) is 2.89. The molecule has 2 aliphatic rings. The average Bonchev–Trinajstić information content (AvgIpc) is 2.79. The summed E-state index contributed by atoms with van der Waals surface area (Å²) in [6, 6.07) is 2.58. The van der Waals surface area contributed by atoms with E-state index in [9.17, 15) is 0 Å². The van der Waals surface area contributed by atoms with E-state index < -0.39 is 0 Å². The summed E-state index contributed by atoms with van der Waals surface area (Å²) < 4.78 is 0. The minimum Gasteiger partial charge on any atom is -0.284 e.